The fourth-order valence-electron chi connectivity index (χ4n) is 2.20. The van der Waals surface area contributed by atoms with Crippen molar-refractivity contribution < 1.29 is 25.8 Å². The van der Waals surface area contributed by atoms with E-state index in [4.69, 9.17) is 18.6 Å². The molecular weight excluding hydrogens is 365 g/mol. The largest absolute Gasteiger partial charge is 0.464 e. The van der Waals surface area contributed by atoms with Gasteiger partial charge >= 0.3 is 35.6 Å². The molecule has 0 saturated heterocycles. The maximum atomic E-state index is 13.7. The average Bonchev–Trinajstić information content (AvgIpc) is 2.78. The minimum Gasteiger partial charge on any atom is -0.464 e. The summed E-state index contributed by atoms with van der Waals surface area (Å²) in [5.74, 6) is -1.49. The van der Waals surface area contributed by atoms with E-state index in [9.17, 15) is 14.2 Å². The molecule has 0 aromatic heterocycles. The van der Waals surface area contributed by atoms with Gasteiger partial charge in [0.25, 0.3) is 0 Å². The van der Waals surface area contributed by atoms with Gasteiger partial charge in [0.1, 0.15) is 11.6 Å². The fourth-order valence-corrected chi connectivity index (χ4v) is 2.20. The molecule has 0 atom stereocenters. The van der Waals surface area contributed by atoms with Crippen molar-refractivity contribution in [3.8, 4) is 0 Å². The first-order valence-electron chi connectivity index (χ1n) is 5.92. The minimum atomic E-state index is -0.686. The topological polar surface area (TPSA) is 25.5 Å². The number of anilines is 1. The van der Waals surface area contributed by atoms with E-state index in [2.05, 4.69) is 0 Å². The first-order valence-corrected chi connectivity index (χ1v) is 10.2. The Morgan fingerprint density at radius 3 is 2.09 bits per heavy atom. The summed E-state index contributed by atoms with van der Waals surface area (Å²) in [5.41, 5.74) is 1.24. The van der Waals surface area contributed by atoms with E-state index in [1.165, 1.54) is 23.1 Å². The molecular formula is C15H12Cl2F2N2Ti-2. The number of hydrogen-bond donors (Lipinski definition) is 0. The SMILES string of the molecule is [CH3-].[Cl][Ti][Cl].[N-]=C1c2ccccc2CN1c1c(F)cccc1F. The second-order valence-corrected chi connectivity index (χ2v) is 6.79. The number of benzene rings is 2. The van der Waals surface area contributed by atoms with Gasteiger partial charge in [-0.3, -0.25) is 0 Å². The molecule has 0 N–H and O–H groups in total. The van der Waals surface area contributed by atoms with Gasteiger partial charge in [-0.2, -0.15) is 0 Å². The molecule has 2 aromatic carbocycles. The summed E-state index contributed by atoms with van der Waals surface area (Å²) in [4.78, 5) is 1.25. The van der Waals surface area contributed by atoms with E-state index < -0.39 is 28.7 Å². The molecule has 7 heteroatoms. The van der Waals surface area contributed by atoms with Crippen LogP contribution in [0.3, 0.4) is 0 Å². The Bertz CT molecular complexity index is 647. The van der Waals surface area contributed by atoms with Crippen LogP contribution in [0.15, 0.2) is 42.5 Å². The number of para-hydroxylation sites is 1. The quantitative estimate of drug-likeness (QED) is 0.500. The van der Waals surface area contributed by atoms with Crippen LogP contribution in [0, 0.1) is 19.1 Å². The molecule has 3 rings (SSSR count). The van der Waals surface area contributed by atoms with Gasteiger partial charge in [0.05, 0.1) is 0 Å². The smallest absolute Gasteiger partial charge is 0.129 e. The van der Waals surface area contributed by atoms with Crippen LogP contribution in [-0.2, 0) is 23.6 Å². The van der Waals surface area contributed by atoms with Crippen molar-refractivity contribution >= 4 is 30.1 Å². The Labute approximate surface area is 145 Å². The first-order chi connectivity index (χ1) is 10.1. The third-order valence-electron chi connectivity index (χ3n) is 3.05. The van der Waals surface area contributed by atoms with Crippen LogP contribution in [0.5, 0.6) is 0 Å². The van der Waals surface area contributed by atoms with Gasteiger partial charge in [0.2, 0.25) is 0 Å². The standard InChI is InChI=1S/C14H9F2N2.CH3.2ClH.Ti/c15-11-6-3-7-12(16)13(11)18-8-9-4-1-2-5-10(9)14(18)17;;;;/h1-7H,8H2;1H3;2*1H;/q2*-1;;;+2/p-2. The summed E-state index contributed by atoms with van der Waals surface area (Å²) in [6, 6.07) is 10.8. The van der Waals surface area contributed by atoms with E-state index in [-0.39, 0.29) is 25.5 Å². The summed E-state index contributed by atoms with van der Waals surface area (Å²) in [5, 5.41) is 10.1. The van der Waals surface area contributed by atoms with Gasteiger partial charge in [-0.05, 0) is 29.8 Å². The second kappa shape index (κ2) is 8.63. The fraction of sp³-hybridized carbons (Fsp3) is 0.0667. The molecule has 116 valence electrons. The van der Waals surface area contributed by atoms with Crippen LogP contribution in [0.4, 0.5) is 14.5 Å². The Kier molecular flexibility index (Phi) is 7.50. The van der Waals surface area contributed by atoms with Gasteiger partial charge < -0.3 is 17.7 Å². The normalized spacial score (nSPS) is 12.0. The number of hydrogen-bond acceptors (Lipinski definition) is 0. The van der Waals surface area contributed by atoms with E-state index in [0.29, 0.717) is 5.56 Å². The Morgan fingerprint density at radius 1 is 1.00 bits per heavy atom. The van der Waals surface area contributed by atoms with Crippen LogP contribution < -0.4 is 4.90 Å². The predicted molar refractivity (Wildman–Crippen MR) is 84.6 cm³/mol. The molecule has 2 nitrogen and oxygen atoms in total. The van der Waals surface area contributed by atoms with Crippen molar-refractivity contribution in [1.82, 2.24) is 0 Å². The molecule has 1 aliphatic heterocycles. The summed E-state index contributed by atoms with van der Waals surface area (Å²) in [7, 11) is 9.78. The molecule has 0 bridgehead atoms. The zero-order chi connectivity index (χ0) is 15.4. The molecule has 2 aromatic rings. The zero-order valence-corrected chi connectivity index (χ0v) is 14.7. The molecule has 0 spiro atoms. The van der Waals surface area contributed by atoms with Crippen LogP contribution >= 0.6 is 18.6 Å². The third-order valence-corrected chi connectivity index (χ3v) is 3.05. The molecule has 1 heterocycles. The molecule has 22 heavy (non-hydrogen) atoms. The van der Waals surface area contributed by atoms with E-state index in [1.807, 2.05) is 12.1 Å². The number of fused-ring (bicyclic) bond motifs is 1. The van der Waals surface area contributed by atoms with Crippen LogP contribution in [0.1, 0.15) is 11.1 Å². The third kappa shape index (κ3) is 3.88. The minimum absolute atomic E-state index is 0. The van der Waals surface area contributed by atoms with Gasteiger partial charge in [0, 0.05) is 5.69 Å². The van der Waals surface area contributed by atoms with Crippen molar-refractivity contribution in [2.24, 2.45) is 0 Å². The molecule has 0 fully saturated rings. The summed E-state index contributed by atoms with van der Waals surface area (Å²) in [6.07, 6.45) is 0. The van der Waals surface area contributed by atoms with E-state index in [0.717, 1.165) is 5.56 Å². The molecule has 0 saturated carbocycles. The monoisotopic (exact) mass is 376 g/mol. The summed E-state index contributed by atoms with van der Waals surface area (Å²) < 4.78 is 27.4. The Balaban J connectivity index is 0.000000562. The number of nitrogens with zero attached hydrogens (tertiary/aromatic N) is 2. The first kappa shape index (κ1) is 19.1. The molecule has 0 amide bonds. The van der Waals surface area contributed by atoms with Crippen LogP contribution in [0.25, 0.3) is 5.41 Å². The average molecular weight is 377 g/mol. The molecule has 0 unspecified atom stereocenters. The molecule has 0 radical (unpaired) electrons. The van der Waals surface area contributed by atoms with Crippen molar-refractivity contribution in [3.63, 3.8) is 0 Å². The number of amidine groups is 1. The second-order valence-electron chi connectivity index (χ2n) is 4.21. The molecule has 1 aliphatic rings. The Morgan fingerprint density at radius 2 is 1.55 bits per heavy atom. The predicted octanol–water partition coefficient (Wildman–Crippen LogP) is 5.13. The van der Waals surface area contributed by atoms with Crippen molar-refractivity contribution in [2.45, 2.75) is 6.54 Å². The van der Waals surface area contributed by atoms with Crippen molar-refractivity contribution in [2.75, 3.05) is 4.90 Å². The van der Waals surface area contributed by atoms with Crippen LogP contribution in [0.2, 0.25) is 0 Å². The maximum absolute atomic E-state index is 13.7. The Hall–Kier alpha value is -0.936. The summed E-state index contributed by atoms with van der Waals surface area (Å²) in [6.45, 7) is 0.264. The van der Waals surface area contributed by atoms with Crippen molar-refractivity contribution in [1.29, 1.82) is 0 Å². The molecule has 0 aliphatic carbocycles. The van der Waals surface area contributed by atoms with E-state index >= 15 is 0 Å². The van der Waals surface area contributed by atoms with Gasteiger partial charge in [-0.15, -0.1) is 0 Å². The zero-order valence-electron chi connectivity index (χ0n) is 11.7. The maximum Gasteiger partial charge on any atom is 0.129 e. The van der Waals surface area contributed by atoms with E-state index in [1.54, 1.807) is 12.1 Å². The van der Waals surface area contributed by atoms with Gasteiger partial charge in [0.15, 0.2) is 0 Å². The van der Waals surface area contributed by atoms with Crippen molar-refractivity contribution in [3.05, 3.63) is 78.1 Å². The number of rotatable bonds is 1. The van der Waals surface area contributed by atoms with Gasteiger partial charge in [-0.25, -0.2) is 8.78 Å². The summed E-state index contributed by atoms with van der Waals surface area (Å²) >= 11 is -0.556. The van der Waals surface area contributed by atoms with Gasteiger partial charge in [-0.1, -0.05) is 36.2 Å². The number of halogens is 4. The van der Waals surface area contributed by atoms with Crippen LogP contribution in [-0.4, -0.2) is 5.84 Å².